The van der Waals surface area contributed by atoms with Gasteiger partial charge in [0.05, 0.1) is 13.2 Å². The second kappa shape index (κ2) is 12.6. The summed E-state index contributed by atoms with van der Waals surface area (Å²) >= 11 is 7.02. The van der Waals surface area contributed by atoms with Crippen molar-refractivity contribution in [1.82, 2.24) is 20.4 Å². The van der Waals surface area contributed by atoms with Crippen LogP contribution in [-0.4, -0.2) is 66.3 Å². The van der Waals surface area contributed by atoms with Gasteiger partial charge in [-0.1, -0.05) is 22.9 Å². The molecule has 0 unspecified atom stereocenters. The zero-order valence-corrected chi connectivity index (χ0v) is 20.6. The fourth-order valence-electron chi connectivity index (χ4n) is 3.40. The number of benzene rings is 2. The summed E-state index contributed by atoms with van der Waals surface area (Å²) in [5.41, 5.74) is 1.10. The van der Waals surface area contributed by atoms with E-state index in [0.29, 0.717) is 33.6 Å². The quantitative estimate of drug-likeness (QED) is 0.398. The number of hydrogen-bond acceptors (Lipinski definition) is 8. The molecule has 1 fully saturated rings. The van der Waals surface area contributed by atoms with E-state index in [1.807, 2.05) is 0 Å². The number of morpholine rings is 1. The molecule has 11 heteroatoms. The normalized spacial score (nSPS) is 13.9. The number of nitrogens with zero attached hydrogens (tertiary/aromatic N) is 3. The van der Waals surface area contributed by atoms with Gasteiger partial charge in [-0.05, 0) is 61.5 Å². The summed E-state index contributed by atoms with van der Waals surface area (Å²) in [6, 6.07) is 13.7. The first kappa shape index (κ1) is 25.1. The topological polar surface area (TPSA) is 106 Å². The SMILES string of the molecule is O=C(NCCCN1CCOCC1)c1ccc(NC(=O)c2nnc(COc3ccc(Cl)cc3)s2)cc1. The summed E-state index contributed by atoms with van der Waals surface area (Å²) in [6.45, 7) is 5.17. The molecule has 0 aliphatic carbocycles. The number of halogens is 1. The molecule has 35 heavy (non-hydrogen) atoms. The molecule has 0 bridgehead atoms. The third kappa shape index (κ3) is 7.72. The average molecular weight is 516 g/mol. The largest absolute Gasteiger partial charge is 0.486 e. The highest BCUT2D eigenvalue weighted by Crippen LogP contribution is 2.19. The molecule has 9 nitrogen and oxygen atoms in total. The van der Waals surface area contributed by atoms with Gasteiger partial charge in [0.25, 0.3) is 11.8 Å². The number of aromatic nitrogens is 2. The number of carbonyl (C=O) groups excluding carboxylic acids is 2. The maximum Gasteiger partial charge on any atom is 0.286 e. The predicted octanol–water partition coefficient (Wildman–Crippen LogP) is 3.47. The minimum atomic E-state index is -0.374. The van der Waals surface area contributed by atoms with Crippen LogP contribution in [0.5, 0.6) is 5.75 Å². The molecular weight excluding hydrogens is 490 g/mol. The maximum atomic E-state index is 12.5. The fourth-order valence-corrected chi connectivity index (χ4v) is 4.17. The van der Waals surface area contributed by atoms with Crippen LogP contribution in [0.2, 0.25) is 5.02 Å². The van der Waals surface area contributed by atoms with E-state index in [-0.39, 0.29) is 23.4 Å². The molecule has 184 valence electrons. The summed E-state index contributed by atoms with van der Waals surface area (Å²) in [7, 11) is 0. The number of anilines is 1. The van der Waals surface area contributed by atoms with Gasteiger partial charge >= 0.3 is 0 Å². The van der Waals surface area contributed by atoms with Crippen LogP contribution in [0.1, 0.15) is 31.6 Å². The van der Waals surface area contributed by atoms with Gasteiger partial charge in [0.1, 0.15) is 12.4 Å². The molecule has 3 aromatic rings. The number of carbonyl (C=O) groups is 2. The van der Waals surface area contributed by atoms with Gasteiger partial charge in [0.2, 0.25) is 5.01 Å². The molecule has 4 rings (SSSR count). The van der Waals surface area contributed by atoms with Crippen molar-refractivity contribution in [2.75, 3.05) is 44.7 Å². The maximum absolute atomic E-state index is 12.5. The molecule has 2 N–H and O–H groups in total. The number of amides is 2. The molecule has 1 aliphatic heterocycles. The number of rotatable bonds is 10. The van der Waals surface area contributed by atoms with Crippen molar-refractivity contribution in [3.63, 3.8) is 0 Å². The highest BCUT2D eigenvalue weighted by molar-refractivity contribution is 7.13. The predicted molar refractivity (Wildman–Crippen MR) is 134 cm³/mol. The third-order valence-electron chi connectivity index (χ3n) is 5.28. The fraction of sp³-hybridized carbons (Fsp3) is 0.333. The van der Waals surface area contributed by atoms with Crippen molar-refractivity contribution in [3.8, 4) is 5.75 Å². The Morgan fingerprint density at radius 2 is 1.77 bits per heavy atom. The van der Waals surface area contributed by atoms with E-state index >= 15 is 0 Å². The van der Waals surface area contributed by atoms with Gasteiger partial charge in [-0.2, -0.15) is 0 Å². The zero-order chi connectivity index (χ0) is 24.5. The Bertz CT molecular complexity index is 1120. The van der Waals surface area contributed by atoms with Crippen LogP contribution in [0.15, 0.2) is 48.5 Å². The van der Waals surface area contributed by atoms with Gasteiger partial charge in [-0.3, -0.25) is 14.5 Å². The van der Waals surface area contributed by atoms with E-state index < -0.39 is 0 Å². The molecule has 1 aliphatic rings. The van der Waals surface area contributed by atoms with E-state index in [9.17, 15) is 9.59 Å². The second-order valence-corrected chi connectivity index (χ2v) is 9.34. The van der Waals surface area contributed by atoms with Crippen molar-refractivity contribution in [2.45, 2.75) is 13.0 Å². The third-order valence-corrected chi connectivity index (χ3v) is 6.43. The van der Waals surface area contributed by atoms with Crippen LogP contribution in [0, 0.1) is 0 Å². The van der Waals surface area contributed by atoms with E-state index in [0.717, 1.165) is 50.6 Å². The van der Waals surface area contributed by atoms with E-state index in [4.69, 9.17) is 21.1 Å². The van der Waals surface area contributed by atoms with Crippen molar-refractivity contribution in [2.24, 2.45) is 0 Å². The molecule has 2 aromatic carbocycles. The Morgan fingerprint density at radius 1 is 1.03 bits per heavy atom. The van der Waals surface area contributed by atoms with Crippen molar-refractivity contribution >= 4 is 40.4 Å². The van der Waals surface area contributed by atoms with Crippen molar-refractivity contribution in [1.29, 1.82) is 0 Å². The summed E-state index contributed by atoms with van der Waals surface area (Å²) in [4.78, 5) is 27.2. The highest BCUT2D eigenvalue weighted by atomic mass is 35.5. The highest BCUT2D eigenvalue weighted by Gasteiger charge is 2.14. The molecule has 0 spiro atoms. The lowest BCUT2D eigenvalue weighted by Crippen LogP contribution is -2.38. The smallest absolute Gasteiger partial charge is 0.286 e. The molecule has 0 atom stereocenters. The standard InChI is InChI=1S/C24H26ClN5O4S/c25-18-4-8-20(9-5-18)34-16-21-28-29-24(35-21)23(32)27-19-6-2-17(3-7-19)22(31)26-10-1-11-30-12-14-33-15-13-30/h2-9H,1,10-16H2,(H,26,31)(H,27,32). The van der Waals surface area contributed by atoms with Gasteiger partial charge < -0.3 is 20.1 Å². The van der Waals surface area contributed by atoms with Gasteiger partial charge in [-0.25, -0.2) is 0 Å². The van der Waals surface area contributed by atoms with Crippen LogP contribution in [-0.2, 0) is 11.3 Å². The molecule has 2 amide bonds. The van der Waals surface area contributed by atoms with Crippen LogP contribution in [0.4, 0.5) is 5.69 Å². The monoisotopic (exact) mass is 515 g/mol. The van der Waals surface area contributed by atoms with Crippen LogP contribution < -0.4 is 15.4 Å². The molecule has 2 heterocycles. The summed E-state index contributed by atoms with van der Waals surface area (Å²) in [5, 5.41) is 15.1. The average Bonchev–Trinajstić information content (AvgIpc) is 3.37. The zero-order valence-electron chi connectivity index (χ0n) is 19.0. The Kier molecular flexibility index (Phi) is 9.02. The number of hydrogen-bond donors (Lipinski definition) is 2. The van der Waals surface area contributed by atoms with Gasteiger partial charge in [0.15, 0.2) is 5.01 Å². The molecule has 0 radical (unpaired) electrons. The van der Waals surface area contributed by atoms with Crippen molar-refractivity contribution in [3.05, 3.63) is 69.1 Å². The second-order valence-electron chi connectivity index (χ2n) is 7.84. The van der Waals surface area contributed by atoms with Crippen LogP contribution >= 0.6 is 22.9 Å². The van der Waals surface area contributed by atoms with Crippen molar-refractivity contribution < 1.29 is 19.1 Å². The van der Waals surface area contributed by atoms with Gasteiger partial charge in [-0.15, -0.1) is 10.2 Å². The first-order valence-electron chi connectivity index (χ1n) is 11.3. The molecular formula is C24H26ClN5O4S. The summed E-state index contributed by atoms with van der Waals surface area (Å²) in [6.07, 6.45) is 0.883. The lowest BCUT2D eigenvalue weighted by atomic mass is 10.2. The van der Waals surface area contributed by atoms with E-state index in [1.54, 1.807) is 48.5 Å². The number of nitrogens with one attached hydrogen (secondary N) is 2. The molecule has 1 aromatic heterocycles. The Labute approximate surface area is 212 Å². The Morgan fingerprint density at radius 3 is 2.51 bits per heavy atom. The molecule has 0 saturated carbocycles. The van der Waals surface area contributed by atoms with Gasteiger partial charge in [0, 0.05) is 35.9 Å². The first-order chi connectivity index (χ1) is 17.1. The minimum absolute atomic E-state index is 0.140. The van der Waals surface area contributed by atoms with E-state index in [2.05, 4.69) is 25.7 Å². The summed E-state index contributed by atoms with van der Waals surface area (Å²) < 4.78 is 11.0. The first-order valence-corrected chi connectivity index (χ1v) is 12.5. The molecule has 1 saturated heterocycles. The Hall–Kier alpha value is -3.05. The van der Waals surface area contributed by atoms with Crippen LogP contribution in [0.3, 0.4) is 0 Å². The lowest BCUT2D eigenvalue weighted by molar-refractivity contribution is 0.0374. The Balaban J connectivity index is 1.20. The van der Waals surface area contributed by atoms with Crippen LogP contribution in [0.25, 0.3) is 0 Å². The van der Waals surface area contributed by atoms with E-state index in [1.165, 1.54) is 0 Å². The lowest BCUT2D eigenvalue weighted by Gasteiger charge is -2.26. The summed E-state index contributed by atoms with van der Waals surface area (Å²) in [5.74, 6) is 0.136. The number of ether oxygens (including phenoxy) is 2. The minimum Gasteiger partial charge on any atom is -0.486 e.